The molecule has 2 amide bonds. The summed E-state index contributed by atoms with van der Waals surface area (Å²) in [6, 6.07) is 0. The van der Waals surface area contributed by atoms with Gasteiger partial charge in [-0.05, 0) is 6.42 Å². The lowest BCUT2D eigenvalue weighted by molar-refractivity contribution is -0.140. The zero-order valence-electron chi connectivity index (χ0n) is 10.5. The number of carbonyl (C=O) groups is 2. The van der Waals surface area contributed by atoms with Crippen LogP contribution in [0.4, 0.5) is 0 Å². The van der Waals surface area contributed by atoms with Gasteiger partial charge in [0.15, 0.2) is 9.84 Å². The average molecular weight is 274 g/mol. The zero-order chi connectivity index (χ0) is 13.3. The van der Waals surface area contributed by atoms with E-state index in [0.717, 1.165) is 0 Å². The Morgan fingerprint density at radius 2 is 1.61 bits per heavy atom. The highest BCUT2D eigenvalue weighted by Crippen LogP contribution is 2.21. The molecule has 18 heavy (non-hydrogen) atoms. The minimum absolute atomic E-state index is 0.0151. The van der Waals surface area contributed by atoms with E-state index in [0.29, 0.717) is 32.6 Å². The lowest BCUT2D eigenvalue weighted by Gasteiger charge is -2.35. The Labute approximate surface area is 107 Å². The van der Waals surface area contributed by atoms with Gasteiger partial charge in [0.25, 0.3) is 0 Å². The Kier molecular flexibility index (Phi) is 3.61. The van der Waals surface area contributed by atoms with Gasteiger partial charge in [-0.25, -0.2) is 8.42 Å². The molecule has 102 valence electrons. The van der Waals surface area contributed by atoms with Crippen LogP contribution in [-0.4, -0.2) is 67.7 Å². The van der Waals surface area contributed by atoms with E-state index in [1.54, 1.807) is 9.80 Å². The van der Waals surface area contributed by atoms with Crippen LogP contribution < -0.4 is 0 Å². The third kappa shape index (κ3) is 2.82. The Balaban J connectivity index is 1.90. The Morgan fingerprint density at radius 3 is 2.06 bits per heavy atom. The second kappa shape index (κ2) is 4.87. The molecular formula is C11H18N2O4S. The molecule has 0 radical (unpaired) electrons. The van der Waals surface area contributed by atoms with Crippen LogP contribution in [0.25, 0.3) is 0 Å². The molecule has 2 aliphatic rings. The summed E-state index contributed by atoms with van der Waals surface area (Å²) in [4.78, 5) is 26.7. The van der Waals surface area contributed by atoms with E-state index in [1.165, 1.54) is 6.92 Å². The summed E-state index contributed by atoms with van der Waals surface area (Å²) in [5.74, 6) is -0.320. The number of piperazine rings is 1. The van der Waals surface area contributed by atoms with Crippen molar-refractivity contribution in [3.05, 3.63) is 0 Å². The molecule has 0 aliphatic carbocycles. The third-order valence-corrected chi connectivity index (χ3v) is 5.39. The van der Waals surface area contributed by atoms with Gasteiger partial charge in [0.1, 0.15) is 0 Å². The molecule has 0 aromatic rings. The van der Waals surface area contributed by atoms with Crippen LogP contribution in [-0.2, 0) is 19.4 Å². The lowest BCUT2D eigenvalue weighted by Crippen LogP contribution is -2.51. The molecule has 2 fully saturated rings. The van der Waals surface area contributed by atoms with Crippen molar-refractivity contribution >= 4 is 21.7 Å². The van der Waals surface area contributed by atoms with Crippen molar-refractivity contribution in [2.24, 2.45) is 5.92 Å². The summed E-state index contributed by atoms with van der Waals surface area (Å²) in [5, 5.41) is 0. The van der Waals surface area contributed by atoms with Gasteiger partial charge in [0.2, 0.25) is 11.8 Å². The van der Waals surface area contributed by atoms with Crippen molar-refractivity contribution in [3.63, 3.8) is 0 Å². The fraction of sp³-hybridized carbons (Fsp3) is 0.818. The second-order valence-corrected chi connectivity index (χ2v) is 7.16. The number of hydrogen-bond acceptors (Lipinski definition) is 4. The van der Waals surface area contributed by atoms with Crippen molar-refractivity contribution < 1.29 is 18.0 Å². The molecule has 2 aliphatic heterocycles. The summed E-state index contributed by atoms with van der Waals surface area (Å²) in [6.07, 6.45) is 0.439. The van der Waals surface area contributed by atoms with E-state index in [9.17, 15) is 18.0 Å². The van der Waals surface area contributed by atoms with Crippen LogP contribution in [0.5, 0.6) is 0 Å². The van der Waals surface area contributed by atoms with Crippen molar-refractivity contribution in [2.75, 3.05) is 37.7 Å². The minimum atomic E-state index is -3.02. The Bertz CT molecular complexity index is 452. The molecule has 0 aromatic carbocycles. The predicted octanol–water partition coefficient (Wildman–Crippen LogP) is -0.888. The molecule has 0 saturated carbocycles. The number of hydrogen-bond donors (Lipinski definition) is 0. The monoisotopic (exact) mass is 274 g/mol. The van der Waals surface area contributed by atoms with E-state index < -0.39 is 9.84 Å². The lowest BCUT2D eigenvalue weighted by atomic mass is 10.1. The van der Waals surface area contributed by atoms with Gasteiger partial charge in [-0.1, -0.05) is 0 Å². The van der Waals surface area contributed by atoms with E-state index in [2.05, 4.69) is 0 Å². The summed E-state index contributed by atoms with van der Waals surface area (Å²) in [7, 11) is -3.02. The maximum Gasteiger partial charge on any atom is 0.226 e. The van der Waals surface area contributed by atoms with Crippen molar-refractivity contribution in [2.45, 2.75) is 13.3 Å². The van der Waals surface area contributed by atoms with Crippen LogP contribution in [0.2, 0.25) is 0 Å². The van der Waals surface area contributed by atoms with Gasteiger partial charge in [0, 0.05) is 33.1 Å². The van der Waals surface area contributed by atoms with Gasteiger partial charge < -0.3 is 9.80 Å². The molecule has 6 nitrogen and oxygen atoms in total. The van der Waals surface area contributed by atoms with Gasteiger partial charge in [0.05, 0.1) is 17.4 Å². The zero-order valence-corrected chi connectivity index (χ0v) is 11.3. The topological polar surface area (TPSA) is 74.8 Å². The number of sulfone groups is 1. The first kappa shape index (κ1) is 13.3. The summed E-state index contributed by atoms with van der Waals surface area (Å²) >= 11 is 0. The molecule has 2 rings (SSSR count). The van der Waals surface area contributed by atoms with Crippen LogP contribution in [0, 0.1) is 5.92 Å². The number of rotatable bonds is 1. The molecule has 0 aromatic heterocycles. The van der Waals surface area contributed by atoms with Gasteiger partial charge in [-0.3, -0.25) is 9.59 Å². The fourth-order valence-electron chi connectivity index (χ4n) is 2.49. The van der Waals surface area contributed by atoms with E-state index in [1.807, 2.05) is 0 Å². The van der Waals surface area contributed by atoms with E-state index in [-0.39, 0.29) is 29.2 Å². The highest BCUT2D eigenvalue weighted by Gasteiger charge is 2.36. The molecule has 0 spiro atoms. The third-order valence-electron chi connectivity index (χ3n) is 3.62. The molecule has 1 unspecified atom stereocenters. The molecule has 0 bridgehead atoms. The quantitative estimate of drug-likeness (QED) is 0.622. The molecule has 1 atom stereocenters. The largest absolute Gasteiger partial charge is 0.339 e. The van der Waals surface area contributed by atoms with Crippen molar-refractivity contribution in [1.82, 2.24) is 9.80 Å². The first-order valence-corrected chi connectivity index (χ1v) is 7.96. The highest BCUT2D eigenvalue weighted by atomic mass is 32.2. The Morgan fingerprint density at radius 1 is 1.06 bits per heavy atom. The van der Waals surface area contributed by atoms with Crippen LogP contribution in [0.1, 0.15) is 13.3 Å². The van der Waals surface area contributed by atoms with E-state index >= 15 is 0 Å². The normalized spacial score (nSPS) is 27.3. The Hall–Kier alpha value is -1.11. The average Bonchev–Trinajstić information content (AvgIpc) is 2.69. The number of carbonyl (C=O) groups excluding carboxylic acids is 2. The fourth-order valence-corrected chi connectivity index (χ4v) is 4.22. The van der Waals surface area contributed by atoms with Crippen LogP contribution in [0.15, 0.2) is 0 Å². The van der Waals surface area contributed by atoms with Gasteiger partial charge in [-0.2, -0.15) is 0 Å². The predicted molar refractivity (Wildman–Crippen MR) is 65.6 cm³/mol. The summed E-state index contributed by atoms with van der Waals surface area (Å²) in [5.41, 5.74) is 0. The first-order chi connectivity index (χ1) is 8.39. The minimum Gasteiger partial charge on any atom is -0.339 e. The molecule has 0 N–H and O–H groups in total. The van der Waals surface area contributed by atoms with Crippen LogP contribution >= 0.6 is 0 Å². The number of amides is 2. The summed E-state index contributed by atoms with van der Waals surface area (Å²) < 4.78 is 22.7. The first-order valence-electron chi connectivity index (χ1n) is 6.14. The van der Waals surface area contributed by atoms with E-state index in [4.69, 9.17) is 0 Å². The molecular weight excluding hydrogens is 256 g/mol. The molecule has 2 heterocycles. The summed E-state index contributed by atoms with van der Waals surface area (Å²) in [6.45, 7) is 3.62. The van der Waals surface area contributed by atoms with Gasteiger partial charge in [-0.15, -0.1) is 0 Å². The highest BCUT2D eigenvalue weighted by molar-refractivity contribution is 7.91. The standard InChI is InChI=1S/C11H18N2O4S/c1-9(14)12-3-5-13(6-4-12)11(15)10-2-7-18(16,17)8-10/h10H,2-8H2,1H3. The maximum atomic E-state index is 12.1. The van der Waals surface area contributed by atoms with Gasteiger partial charge >= 0.3 is 0 Å². The molecule has 7 heteroatoms. The van der Waals surface area contributed by atoms with Crippen molar-refractivity contribution in [3.8, 4) is 0 Å². The maximum absolute atomic E-state index is 12.1. The second-order valence-electron chi connectivity index (χ2n) is 4.93. The number of nitrogens with zero attached hydrogens (tertiary/aromatic N) is 2. The molecule has 2 saturated heterocycles. The smallest absolute Gasteiger partial charge is 0.226 e. The van der Waals surface area contributed by atoms with Crippen LogP contribution in [0.3, 0.4) is 0 Å². The SMILES string of the molecule is CC(=O)N1CCN(C(=O)C2CCS(=O)(=O)C2)CC1. The van der Waals surface area contributed by atoms with Crippen molar-refractivity contribution in [1.29, 1.82) is 0 Å².